The van der Waals surface area contributed by atoms with Gasteiger partial charge in [0.25, 0.3) is 11.6 Å². The molecule has 0 aliphatic heterocycles. The van der Waals surface area contributed by atoms with E-state index >= 15 is 0 Å². The second-order valence-electron chi connectivity index (χ2n) is 6.53. The Labute approximate surface area is 179 Å². The molecule has 0 spiro atoms. The molecule has 0 unspecified atom stereocenters. The first-order valence-electron chi connectivity index (χ1n) is 9.71. The average Bonchev–Trinajstić information content (AvgIpc) is 2.78. The Kier molecular flexibility index (Phi) is 7.10. The van der Waals surface area contributed by atoms with Crippen molar-refractivity contribution in [2.24, 2.45) is 0 Å². The van der Waals surface area contributed by atoms with Crippen molar-refractivity contribution in [2.45, 2.75) is 13.8 Å². The van der Waals surface area contributed by atoms with Crippen LogP contribution in [0.15, 0.2) is 54.6 Å². The van der Waals surface area contributed by atoms with E-state index < -0.39 is 10.8 Å². The standard InChI is InChI=1S/C22H22N4O5/c1-3-30-17-9-7-16(8-10-17)19-11-12-21(25-24-19)31-14-13-23-22(27)18-5-4-6-20(15(18)2)26(28)29/h4-12H,3,13-14H2,1-2H3,(H,23,27). The zero-order valence-electron chi connectivity index (χ0n) is 17.2. The van der Waals surface area contributed by atoms with Crippen molar-refractivity contribution < 1.29 is 19.2 Å². The number of amides is 1. The van der Waals surface area contributed by atoms with Crippen LogP contribution in [0.25, 0.3) is 11.3 Å². The van der Waals surface area contributed by atoms with Gasteiger partial charge in [-0.05, 0) is 50.2 Å². The number of ether oxygens (including phenoxy) is 2. The zero-order valence-corrected chi connectivity index (χ0v) is 17.2. The van der Waals surface area contributed by atoms with Crippen molar-refractivity contribution in [3.05, 3.63) is 75.8 Å². The predicted octanol–water partition coefficient (Wildman–Crippen LogP) is 3.57. The molecular formula is C22H22N4O5. The molecule has 0 radical (unpaired) electrons. The maximum atomic E-state index is 12.3. The molecule has 160 valence electrons. The minimum Gasteiger partial charge on any atom is -0.494 e. The summed E-state index contributed by atoms with van der Waals surface area (Å²) in [4.78, 5) is 22.8. The fourth-order valence-corrected chi connectivity index (χ4v) is 2.92. The molecule has 2 aromatic carbocycles. The molecule has 31 heavy (non-hydrogen) atoms. The summed E-state index contributed by atoms with van der Waals surface area (Å²) in [6.45, 7) is 4.47. The van der Waals surface area contributed by atoms with Gasteiger partial charge in [-0.25, -0.2) is 0 Å². The number of nitro benzene ring substituents is 1. The van der Waals surface area contributed by atoms with Crippen LogP contribution in [0, 0.1) is 17.0 Å². The van der Waals surface area contributed by atoms with Crippen molar-refractivity contribution in [3.8, 4) is 22.9 Å². The van der Waals surface area contributed by atoms with Crippen LogP contribution in [0.1, 0.15) is 22.8 Å². The molecule has 1 amide bonds. The van der Waals surface area contributed by atoms with E-state index in [9.17, 15) is 14.9 Å². The van der Waals surface area contributed by atoms with Gasteiger partial charge in [0.15, 0.2) is 0 Å². The lowest BCUT2D eigenvalue weighted by Gasteiger charge is -2.09. The molecule has 0 aliphatic carbocycles. The van der Waals surface area contributed by atoms with E-state index in [0.29, 0.717) is 23.7 Å². The molecule has 1 N–H and O–H groups in total. The SMILES string of the molecule is CCOc1ccc(-c2ccc(OCCNC(=O)c3cccc([N+](=O)[O-])c3C)nn2)cc1. The second-order valence-corrected chi connectivity index (χ2v) is 6.53. The second kappa shape index (κ2) is 10.1. The number of nitrogens with zero attached hydrogens (tertiary/aromatic N) is 3. The highest BCUT2D eigenvalue weighted by Gasteiger charge is 2.17. The van der Waals surface area contributed by atoms with Crippen LogP contribution in [0.2, 0.25) is 0 Å². The van der Waals surface area contributed by atoms with Crippen LogP contribution >= 0.6 is 0 Å². The number of carbonyl (C=O) groups is 1. The first-order valence-corrected chi connectivity index (χ1v) is 9.71. The first-order chi connectivity index (χ1) is 15.0. The Morgan fingerprint density at radius 3 is 2.48 bits per heavy atom. The summed E-state index contributed by atoms with van der Waals surface area (Å²) >= 11 is 0. The summed E-state index contributed by atoms with van der Waals surface area (Å²) < 4.78 is 10.9. The smallest absolute Gasteiger partial charge is 0.273 e. The van der Waals surface area contributed by atoms with E-state index in [4.69, 9.17) is 9.47 Å². The normalized spacial score (nSPS) is 10.4. The number of hydrogen-bond acceptors (Lipinski definition) is 7. The molecule has 1 aromatic heterocycles. The molecule has 0 saturated heterocycles. The summed E-state index contributed by atoms with van der Waals surface area (Å²) in [5, 5.41) is 21.9. The average molecular weight is 422 g/mol. The van der Waals surface area contributed by atoms with Gasteiger partial charge in [0.2, 0.25) is 5.88 Å². The summed E-state index contributed by atoms with van der Waals surface area (Å²) in [5.74, 6) is 0.721. The fourth-order valence-electron chi connectivity index (χ4n) is 2.92. The lowest BCUT2D eigenvalue weighted by Crippen LogP contribution is -2.28. The third-order valence-corrected chi connectivity index (χ3v) is 4.49. The van der Waals surface area contributed by atoms with Gasteiger partial charge in [0.05, 0.1) is 23.8 Å². The summed E-state index contributed by atoms with van der Waals surface area (Å²) in [6, 6.07) is 15.4. The largest absolute Gasteiger partial charge is 0.494 e. The molecule has 3 rings (SSSR count). The van der Waals surface area contributed by atoms with Gasteiger partial charge in [-0.15, -0.1) is 10.2 Å². The molecule has 0 atom stereocenters. The van der Waals surface area contributed by atoms with Crippen molar-refractivity contribution in [2.75, 3.05) is 19.8 Å². The molecule has 0 fully saturated rings. The monoisotopic (exact) mass is 422 g/mol. The first kappa shape index (κ1) is 21.7. The molecule has 0 aliphatic rings. The third kappa shape index (κ3) is 5.53. The van der Waals surface area contributed by atoms with Crippen LogP contribution in [-0.4, -0.2) is 40.8 Å². The predicted molar refractivity (Wildman–Crippen MR) is 114 cm³/mol. The Balaban J connectivity index is 1.50. The van der Waals surface area contributed by atoms with E-state index in [1.165, 1.54) is 12.1 Å². The van der Waals surface area contributed by atoms with E-state index in [0.717, 1.165) is 11.3 Å². The van der Waals surface area contributed by atoms with Gasteiger partial charge in [-0.3, -0.25) is 14.9 Å². The molecule has 3 aromatic rings. The van der Waals surface area contributed by atoms with Gasteiger partial charge in [-0.1, -0.05) is 6.07 Å². The van der Waals surface area contributed by atoms with Gasteiger partial charge in [-0.2, -0.15) is 0 Å². The molecule has 9 nitrogen and oxygen atoms in total. The van der Waals surface area contributed by atoms with Crippen LogP contribution in [0.3, 0.4) is 0 Å². The fraction of sp³-hybridized carbons (Fsp3) is 0.227. The van der Waals surface area contributed by atoms with Crippen molar-refractivity contribution in [1.82, 2.24) is 15.5 Å². The van der Waals surface area contributed by atoms with Gasteiger partial charge < -0.3 is 14.8 Å². The lowest BCUT2D eigenvalue weighted by molar-refractivity contribution is -0.385. The Hall–Kier alpha value is -4.01. The lowest BCUT2D eigenvalue weighted by atomic mass is 10.1. The maximum absolute atomic E-state index is 12.3. The Morgan fingerprint density at radius 2 is 1.84 bits per heavy atom. The highest BCUT2D eigenvalue weighted by molar-refractivity contribution is 5.96. The van der Waals surface area contributed by atoms with Crippen molar-refractivity contribution in [3.63, 3.8) is 0 Å². The number of aromatic nitrogens is 2. The molecule has 0 bridgehead atoms. The number of carbonyl (C=O) groups excluding carboxylic acids is 1. The molecular weight excluding hydrogens is 400 g/mol. The van der Waals surface area contributed by atoms with Crippen molar-refractivity contribution in [1.29, 1.82) is 0 Å². The van der Waals surface area contributed by atoms with Crippen LogP contribution < -0.4 is 14.8 Å². The quantitative estimate of drug-likeness (QED) is 0.318. The summed E-state index contributed by atoms with van der Waals surface area (Å²) in [7, 11) is 0. The molecule has 1 heterocycles. The Bertz CT molecular complexity index is 1050. The highest BCUT2D eigenvalue weighted by atomic mass is 16.6. The van der Waals surface area contributed by atoms with Crippen molar-refractivity contribution >= 4 is 11.6 Å². The third-order valence-electron chi connectivity index (χ3n) is 4.49. The van der Waals surface area contributed by atoms with Crippen LogP contribution in [0.5, 0.6) is 11.6 Å². The topological polar surface area (TPSA) is 116 Å². The molecule has 9 heteroatoms. The van der Waals surface area contributed by atoms with E-state index in [-0.39, 0.29) is 24.4 Å². The number of benzene rings is 2. The number of nitro groups is 1. The number of rotatable bonds is 9. The number of nitrogens with one attached hydrogen (secondary N) is 1. The highest BCUT2D eigenvalue weighted by Crippen LogP contribution is 2.22. The van der Waals surface area contributed by atoms with Crippen LogP contribution in [0.4, 0.5) is 5.69 Å². The van der Waals surface area contributed by atoms with Gasteiger partial charge in [0.1, 0.15) is 12.4 Å². The number of hydrogen-bond donors (Lipinski definition) is 1. The van der Waals surface area contributed by atoms with Crippen LogP contribution in [-0.2, 0) is 0 Å². The van der Waals surface area contributed by atoms with E-state index in [1.54, 1.807) is 25.1 Å². The van der Waals surface area contributed by atoms with E-state index in [1.807, 2.05) is 31.2 Å². The minimum atomic E-state index is -0.509. The zero-order chi connectivity index (χ0) is 22.2. The maximum Gasteiger partial charge on any atom is 0.273 e. The Morgan fingerprint density at radius 1 is 1.06 bits per heavy atom. The summed E-state index contributed by atoms with van der Waals surface area (Å²) in [5.41, 5.74) is 2.09. The minimum absolute atomic E-state index is 0.0909. The van der Waals surface area contributed by atoms with Gasteiger partial charge >= 0.3 is 0 Å². The summed E-state index contributed by atoms with van der Waals surface area (Å²) in [6.07, 6.45) is 0. The van der Waals surface area contributed by atoms with E-state index in [2.05, 4.69) is 15.5 Å². The molecule has 0 saturated carbocycles. The van der Waals surface area contributed by atoms with Gasteiger partial charge in [0, 0.05) is 28.8 Å².